The van der Waals surface area contributed by atoms with Gasteiger partial charge in [0, 0.05) is 0 Å². The van der Waals surface area contributed by atoms with Gasteiger partial charge in [-0.3, -0.25) is 0 Å². The molecule has 0 atom stereocenters. The second kappa shape index (κ2) is 27.0. The highest BCUT2D eigenvalue weighted by atomic mass is 30.1. The lowest BCUT2D eigenvalue weighted by molar-refractivity contribution is 3.77. The van der Waals surface area contributed by atoms with Gasteiger partial charge in [0.15, 0.2) is 0 Å². The summed E-state index contributed by atoms with van der Waals surface area (Å²) in [5.41, 5.74) is 0. The predicted molar refractivity (Wildman–Crippen MR) is 199 cm³/mol. The molecule has 0 aromatic heterocycles. The predicted octanol–water partition coefficient (Wildman–Crippen LogP) is -21.6. The van der Waals surface area contributed by atoms with Crippen molar-refractivity contribution in [2.24, 2.45) is 0 Å². The van der Waals surface area contributed by atoms with Gasteiger partial charge in [-0.05, 0) is 199 Å². The Bertz CT molecular complexity index is 164. The number of hydrogen-bond donors (Lipinski definition) is 0. The molecule has 0 N–H and O–H groups in total. The first kappa shape index (κ1) is 28.0. The summed E-state index contributed by atoms with van der Waals surface area (Å²) in [7, 11) is 22.7. The molecule has 23 heteroatoms. The quantitative estimate of drug-likeness (QED) is 0.0879. The summed E-state index contributed by atoms with van der Waals surface area (Å²) < 4.78 is 0. The van der Waals surface area contributed by atoms with Crippen molar-refractivity contribution in [2.45, 2.75) is 0 Å². The van der Waals surface area contributed by atoms with E-state index in [9.17, 15) is 0 Å². The highest BCUT2D eigenvalue weighted by Crippen LogP contribution is 1.62. The maximum Gasteiger partial charge on any atom is -0.00934 e. The minimum Gasteiger partial charge on any atom is -0.0120 e. The molecule has 0 bridgehead atoms. The van der Waals surface area contributed by atoms with Gasteiger partial charge >= 0.3 is 0 Å². The zero-order valence-corrected chi connectivity index (χ0v) is 50.5. The molecule has 0 spiro atoms. The van der Waals surface area contributed by atoms with Crippen molar-refractivity contribution in [1.29, 1.82) is 0 Å². The van der Waals surface area contributed by atoms with Crippen molar-refractivity contribution in [1.82, 2.24) is 0 Å². The lowest BCUT2D eigenvalue weighted by atomic mass is 26.1. The van der Waals surface area contributed by atoms with Gasteiger partial charge in [0.2, 0.25) is 0 Å². The van der Waals surface area contributed by atoms with E-state index in [4.69, 9.17) is 0 Å². The van der Waals surface area contributed by atoms with Gasteiger partial charge in [0.1, 0.15) is 0 Å². The maximum atomic E-state index is 1.74. The molecule has 0 radical (unpaired) electrons. The van der Waals surface area contributed by atoms with Gasteiger partial charge in [0.25, 0.3) is 0 Å². The normalized spacial score (nSPS) is 22.4. The second-order valence-corrected chi connectivity index (χ2v) is 208. The topological polar surface area (TPSA) is 0 Å². The summed E-state index contributed by atoms with van der Waals surface area (Å²) in [5.74, 6) is 0. The average molecular weight is 694 g/mol. The van der Waals surface area contributed by atoms with Gasteiger partial charge in [0.05, 0.1) is 0 Å². The van der Waals surface area contributed by atoms with E-state index < -0.39 is 0 Å². The van der Waals surface area contributed by atoms with Crippen LogP contribution in [0.15, 0.2) is 0 Å². The van der Waals surface area contributed by atoms with Crippen LogP contribution in [0.1, 0.15) is 0 Å². The van der Waals surface area contributed by atoms with Crippen molar-refractivity contribution < 1.29 is 0 Å². The fourth-order valence-corrected chi connectivity index (χ4v) is 852. The SMILES string of the molecule is [SiH3][SiH2][SiH2][SiH2][SiH2][SiH2][SiH2][SiH2][SiH2][SiH2][SiH2][SiH2][SiH2][SiH2][SiH2][SiH2][SiH2][SiH2][SiH2][SiH2][SiH2][SiH2][SiH3]. The van der Waals surface area contributed by atoms with Crippen LogP contribution in [0.3, 0.4) is 0 Å². The lowest BCUT2D eigenvalue weighted by Gasteiger charge is -1.99. The molecule has 140 valence electrons. The van der Waals surface area contributed by atoms with Crippen molar-refractivity contribution in [2.75, 3.05) is 0 Å². The average Bonchev–Trinajstić information content (AvgIpc) is 2.57. The third-order valence-electron chi connectivity index (χ3n) is 5.21. The van der Waals surface area contributed by atoms with Crippen LogP contribution in [0.2, 0.25) is 0 Å². The zero-order chi connectivity index (χ0) is 16.8. The molecule has 0 aliphatic heterocycles. The number of hydrogen-bond acceptors (Lipinski definition) is 0. The standard InChI is InChI=1S/H48Si23/c1-3-5-7-9-11-13-15-17-19-21-23-22-20-18-16-14-12-10-8-6-4-2/h3-23H2,1-2H3. The monoisotopic (exact) mass is 692 g/mol. The second-order valence-electron chi connectivity index (χ2n) is 7.72. The summed E-state index contributed by atoms with van der Waals surface area (Å²) in [4.78, 5) is 0. The Morgan fingerprint density at radius 3 is 0.478 bits per heavy atom. The molecule has 0 unspecified atom stereocenters. The number of rotatable bonds is 20. The van der Waals surface area contributed by atoms with E-state index in [1.807, 2.05) is 0 Å². The van der Waals surface area contributed by atoms with Crippen molar-refractivity contribution in [3.8, 4) is 0 Å². The zero-order valence-electron chi connectivity index (χ0n) is 16.8. The molecule has 0 amide bonds. The Morgan fingerprint density at radius 2 is 0.348 bits per heavy atom. The molecule has 0 aromatic carbocycles. The van der Waals surface area contributed by atoms with Gasteiger partial charge in [-0.15, -0.1) is 0 Å². The minimum absolute atomic E-state index is 0.818. The molecule has 0 saturated heterocycles. The minimum atomic E-state index is 0.818. The molecule has 0 aliphatic rings. The Labute approximate surface area is 196 Å². The van der Waals surface area contributed by atoms with Gasteiger partial charge in [-0.1, -0.05) is 0 Å². The van der Waals surface area contributed by atoms with Crippen LogP contribution >= 0.6 is 0 Å². The van der Waals surface area contributed by atoms with Crippen LogP contribution in [0, 0.1) is 0 Å². The van der Waals surface area contributed by atoms with E-state index in [0.717, 1.165) is 180 Å². The van der Waals surface area contributed by atoms with Crippen LogP contribution in [-0.4, -0.2) is 199 Å². The van der Waals surface area contributed by atoms with Gasteiger partial charge < -0.3 is 0 Å². The van der Waals surface area contributed by atoms with Crippen LogP contribution in [0.5, 0.6) is 0 Å². The van der Waals surface area contributed by atoms with Crippen LogP contribution < -0.4 is 0 Å². The highest BCUT2D eigenvalue weighted by Gasteiger charge is 1.99. The third-order valence-corrected chi connectivity index (χ3v) is 422. The van der Waals surface area contributed by atoms with E-state index in [0.29, 0.717) is 0 Å². The first-order valence-electron chi connectivity index (χ1n) is 11.4. The molecule has 0 aromatic rings. The Kier molecular flexibility index (Phi) is 32.8. The van der Waals surface area contributed by atoms with Crippen molar-refractivity contribution in [3.63, 3.8) is 0 Å². The first-order chi connectivity index (χ1) is 11.4. The summed E-state index contributed by atoms with van der Waals surface area (Å²) in [6, 6.07) is 0. The highest BCUT2D eigenvalue weighted by molar-refractivity contribution is 7.75. The first-order valence-corrected chi connectivity index (χ1v) is 103. The Morgan fingerprint density at radius 1 is 0.217 bits per heavy atom. The summed E-state index contributed by atoms with van der Waals surface area (Å²) in [6.45, 7) is 0. The fourth-order valence-electron chi connectivity index (χ4n) is 3.51. The molecule has 0 rings (SSSR count). The van der Waals surface area contributed by atoms with Crippen LogP contribution in [0.25, 0.3) is 0 Å². The van der Waals surface area contributed by atoms with Gasteiger partial charge in [-0.2, -0.15) is 0 Å². The Balaban J connectivity index is 2.92. The summed E-state index contributed by atoms with van der Waals surface area (Å²) in [5, 5.41) is 0. The molecule has 0 heterocycles. The van der Waals surface area contributed by atoms with Crippen molar-refractivity contribution >= 4 is 199 Å². The lowest BCUT2D eigenvalue weighted by Crippen LogP contribution is -2.36. The summed E-state index contributed by atoms with van der Waals surface area (Å²) in [6.07, 6.45) is 0. The molecule has 0 saturated carbocycles. The molecule has 0 fully saturated rings. The van der Waals surface area contributed by atoms with E-state index in [-0.39, 0.29) is 0 Å². The van der Waals surface area contributed by atoms with Crippen molar-refractivity contribution in [3.05, 3.63) is 0 Å². The van der Waals surface area contributed by atoms with E-state index in [2.05, 4.69) is 0 Å². The van der Waals surface area contributed by atoms with Gasteiger partial charge in [-0.25, -0.2) is 0 Å². The maximum absolute atomic E-state index is 1.74. The van der Waals surface area contributed by atoms with E-state index >= 15 is 0 Å². The molecular weight excluding hydrogens is 646 g/mol. The fraction of sp³-hybridized carbons (Fsp3) is 0. The summed E-state index contributed by atoms with van der Waals surface area (Å²) >= 11 is 0. The smallest absolute Gasteiger partial charge is 0.00934 e. The Hall–Kier alpha value is 4.99. The van der Waals surface area contributed by atoms with E-state index in [1.165, 1.54) is 0 Å². The molecule has 23 heavy (non-hydrogen) atoms. The molecular formula is H48Si23. The molecule has 0 aliphatic carbocycles. The molecule has 0 nitrogen and oxygen atoms in total. The third kappa shape index (κ3) is 27.0. The van der Waals surface area contributed by atoms with Crippen LogP contribution in [0.4, 0.5) is 0 Å². The van der Waals surface area contributed by atoms with E-state index in [1.54, 1.807) is 19.5 Å². The largest absolute Gasteiger partial charge is 0.0120 e. The van der Waals surface area contributed by atoms with Crippen LogP contribution in [-0.2, 0) is 0 Å².